The van der Waals surface area contributed by atoms with E-state index >= 15 is 0 Å². The molecule has 6 nitrogen and oxygen atoms in total. The number of fused-ring (bicyclic) bond motifs is 1. The second kappa shape index (κ2) is 4.44. The molecular formula is C10H16N6. The van der Waals surface area contributed by atoms with Crippen molar-refractivity contribution >= 4 is 17.0 Å². The first-order chi connectivity index (χ1) is 7.70. The minimum atomic E-state index is 0.440. The van der Waals surface area contributed by atoms with Crippen molar-refractivity contribution in [2.45, 2.75) is 19.8 Å². The van der Waals surface area contributed by atoms with Gasteiger partial charge in [-0.2, -0.15) is 0 Å². The summed E-state index contributed by atoms with van der Waals surface area (Å²) < 4.78 is 0. The second-order valence-electron chi connectivity index (χ2n) is 4.02. The maximum atomic E-state index is 5.71. The largest absolute Gasteiger partial charge is 0.382 e. The SMILES string of the molecule is CC(CN)CCc1nc2ncnc(N)c2[nH]1. The number of nitrogens with two attached hydrogens (primary N) is 2. The van der Waals surface area contributed by atoms with Gasteiger partial charge in [-0.15, -0.1) is 0 Å². The highest BCUT2D eigenvalue weighted by atomic mass is 15.0. The van der Waals surface area contributed by atoms with E-state index in [1.165, 1.54) is 6.33 Å². The standard InChI is InChI=1S/C10H16N6/c1-6(4-11)2-3-7-15-8-9(12)13-5-14-10(8)16-7/h5-6H,2-4,11H2,1H3,(H3,12,13,14,15,16). The van der Waals surface area contributed by atoms with E-state index in [2.05, 4.69) is 26.9 Å². The number of nitrogens with zero attached hydrogens (tertiary/aromatic N) is 3. The Balaban J connectivity index is 2.17. The van der Waals surface area contributed by atoms with Crippen molar-refractivity contribution in [3.63, 3.8) is 0 Å². The van der Waals surface area contributed by atoms with Gasteiger partial charge >= 0.3 is 0 Å². The van der Waals surface area contributed by atoms with Crippen LogP contribution in [-0.4, -0.2) is 26.5 Å². The zero-order chi connectivity index (χ0) is 11.5. The maximum absolute atomic E-state index is 5.71. The maximum Gasteiger partial charge on any atom is 0.183 e. The summed E-state index contributed by atoms with van der Waals surface area (Å²) >= 11 is 0. The molecule has 0 aliphatic heterocycles. The van der Waals surface area contributed by atoms with Crippen molar-refractivity contribution in [3.05, 3.63) is 12.2 Å². The number of hydrogen-bond acceptors (Lipinski definition) is 5. The molecule has 86 valence electrons. The lowest BCUT2D eigenvalue weighted by molar-refractivity contribution is 0.538. The highest BCUT2D eigenvalue weighted by Crippen LogP contribution is 2.15. The number of aromatic nitrogens is 4. The molecule has 0 aromatic carbocycles. The lowest BCUT2D eigenvalue weighted by Gasteiger charge is -2.05. The molecule has 2 aromatic heterocycles. The van der Waals surface area contributed by atoms with Gasteiger partial charge < -0.3 is 16.5 Å². The molecule has 0 spiro atoms. The first kappa shape index (κ1) is 10.8. The number of H-pyrrole nitrogens is 1. The average molecular weight is 220 g/mol. The number of nitrogen functional groups attached to an aromatic ring is 1. The summed E-state index contributed by atoms with van der Waals surface area (Å²) in [6, 6.07) is 0. The van der Waals surface area contributed by atoms with Crippen LogP contribution >= 0.6 is 0 Å². The Morgan fingerprint density at radius 3 is 2.94 bits per heavy atom. The van der Waals surface area contributed by atoms with Crippen LogP contribution in [0.4, 0.5) is 5.82 Å². The van der Waals surface area contributed by atoms with Crippen LogP contribution in [-0.2, 0) is 6.42 Å². The van der Waals surface area contributed by atoms with Gasteiger partial charge in [0.25, 0.3) is 0 Å². The molecule has 1 atom stereocenters. The van der Waals surface area contributed by atoms with Gasteiger partial charge in [-0.1, -0.05) is 6.92 Å². The summed E-state index contributed by atoms with van der Waals surface area (Å²) in [7, 11) is 0. The van der Waals surface area contributed by atoms with Crippen molar-refractivity contribution < 1.29 is 0 Å². The van der Waals surface area contributed by atoms with Crippen molar-refractivity contribution in [1.29, 1.82) is 0 Å². The smallest absolute Gasteiger partial charge is 0.183 e. The van der Waals surface area contributed by atoms with Gasteiger partial charge in [-0.3, -0.25) is 0 Å². The van der Waals surface area contributed by atoms with Crippen molar-refractivity contribution in [3.8, 4) is 0 Å². The van der Waals surface area contributed by atoms with Gasteiger partial charge in [0.15, 0.2) is 11.5 Å². The number of nitrogens with one attached hydrogen (secondary N) is 1. The minimum Gasteiger partial charge on any atom is -0.382 e. The number of anilines is 1. The summed E-state index contributed by atoms with van der Waals surface area (Å²) in [5.74, 6) is 1.83. The molecule has 0 radical (unpaired) electrons. The van der Waals surface area contributed by atoms with Gasteiger partial charge in [0.1, 0.15) is 17.7 Å². The van der Waals surface area contributed by atoms with E-state index in [-0.39, 0.29) is 0 Å². The lowest BCUT2D eigenvalue weighted by atomic mass is 10.1. The minimum absolute atomic E-state index is 0.440. The molecule has 2 aromatic rings. The Morgan fingerprint density at radius 1 is 1.44 bits per heavy atom. The fraction of sp³-hybridized carbons (Fsp3) is 0.500. The van der Waals surface area contributed by atoms with Crippen LogP contribution in [0.2, 0.25) is 0 Å². The van der Waals surface area contributed by atoms with Crippen LogP contribution in [0.25, 0.3) is 11.2 Å². The molecule has 1 unspecified atom stereocenters. The van der Waals surface area contributed by atoms with Gasteiger partial charge in [0, 0.05) is 6.42 Å². The van der Waals surface area contributed by atoms with E-state index in [0.29, 0.717) is 23.9 Å². The fourth-order valence-electron chi connectivity index (χ4n) is 1.51. The number of hydrogen-bond donors (Lipinski definition) is 3. The molecule has 0 saturated carbocycles. The first-order valence-corrected chi connectivity index (χ1v) is 5.36. The molecule has 0 aliphatic carbocycles. The molecule has 6 heteroatoms. The molecular weight excluding hydrogens is 204 g/mol. The van der Waals surface area contributed by atoms with Crippen LogP contribution in [0, 0.1) is 5.92 Å². The predicted molar refractivity (Wildman–Crippen MR) is 62.6 cm³/mol. The Bertz CT molecular complexity index is 477. The summed E-state index contributed by atoms with van der Waals surface area (Å²) in [5.41, 5.74) is 12.6. The molecule has 2 rings (SSSR count). The number of aryl methyl sites for hydroxylation is 1. The number of imidazole rings is 1. The first-order valence-electron chi connectivity index (χ1n) is 5.36. The van der Waals surface area contributed by atoms with E-state index in [1.807, 2.05) is 0 Å². The summed E-state index contributed by atoms with van der Waals surface area (Å²) in [5, 5.41) is 0. The van der Waals surface area contributed by atoms with Crippen LogP contribution in [0.1, 0.15) is 19.2 Å². The fourth-order valence-corrected chi connectivity index (χ4v) is 1.51. The third kappa shape index (κ3) is 2.11. The van der Waals surface area contributed by atoms with Crippen molar-refractivity contribution in [2.24, 2.45) is 11.7 Å². The predicted octanol–water partition coefficient (Wildman–Crippen LogP) is 0.462. The van der Waals surface area contributed by atoms with E-state index in [0.717, 1.165) is 24.2 Å². The number of rotatable bonds is 4. The highest BCUT2D eigenvalue weighted by molar-refractivity contribution is 5.80. The molecule has 0 amide bonds. The molecule has 16 heavy (non-hydrogen) atoms. The quantitative estimate of drug-likeness (QED) is 0.694. The Kier molecular flexibility index (Phi) is 3.00. The summed E-state index contributed by atoms with van der Waals surface area (Å²) in [4.78, 5) is 15.5. The molecule has 0 fully saturated rings. The monoisotopic (exact) mass is 220 g/mol. The molecule has 0 saturated heterocycles. The lowest BCUT2D eigenvalue weighted by Crippen LogP contribution is -2.11. The Morgan fingerprint density at radius 2 is 2.25 bits per heavy atom. The van der Waals surface area contributed by atoms with Crippen molar-refractivity contribution in [1.82, 2.24) is 19.9 Å². The van der Waals surface area contributed by atoms with Crippen LogP contribution in [0.15, 0.2) is 6.33 Å². The van der Waals surface area contributed by atoms with E-state index in [4.69, 9.17) is 11.5 Å². The van der Waals surface area contributed by atoms with Crippen LogP contribution < -0.4 is 11.5 Å². The van der Waals surface area contributed by atoms with Gasteiger partial charge in [0.2, 0.25) is 0 Å². The van der Waals surface area contributed by atoms with Crippen LogP contribution in [0.3, 0.4) is 0 Å². The zero-order valence-electron chi connectivity index (χ0n) is 9.27. The number of aromatic amines is 1. The van der Waals surface area contributed by atoms with Gasteiger partial charge in [-0.05, 0) is 18.9 Å². The van der Waals surface area contributed by atoms with Crippen LogP contribution in [0.5, 0.6) is 0 Å². The summed E-state index contributed by atoms with van der Waals surface area (Å²) in [6.07, 6.45) is 3.28. The third-order valence-corrected chi connectivity index (χ3v) is 2.64. The van der Waals surface area contributed by atoms with Gasteiger partial charge in [-0.25, -0.2) is 15.0 Å². The normalized spacial score (nSPS) is 13.1. The van der Waals surface area contributed by atoms with Gasteiger partial charge in [0.05, 0.1) is 0 Å². The molecule has 2 heterocycles. The highest BCUT2D eigenvalue weighted by Gasteiger charge is 2.08. The Hall–Kier alpha value is -1.69. The van der Waals surface area contributed by atoms with E-state index < -0.39 is 0 Å². The van der Waals surface area contributed by atoms with E-state index in [9.17, 15) is 0 Å². The molecule has 5 N–H and O–H groups in total. The topological polar surface area (TPSA) is 106 Å². The molecule has 0 aliphatic rings. The second-order valence-corrected chi connectivity index (χ2v) is 4.02. The molecule has 0 bridgehead atoms. The third-order valence-electron chi connectivity index (χ3n) is 2.64. The van der Waals surface area contributed by atoms with E-state index in [1.54, 1.807) is 0 Å². The average Bonchev–Trinajstić information content (AvgIpc) is 2.70. The zero-order valence-corrected chi connectivity index (χ0v) is 9.27. The van der Waals surface area contributed by atoms with Crippen molar-refractivity contribution in [2.75, 3.05) is 12.3 Å². The summed E-state index contributed by atoms with van der Waals surface area (Å²) in [6.45, 7) is 2.82. The Labute approximate surface area is 93.5 Å².